The number of para-hydroxylation sites is 1. The van der Waals surface area contributed by atoms with Crippen molar-refractivity contribution in [2.75, 3.05) is 18.9 Å². The Kier molecular flexibility index (Phi) is 2.81. The molecular formula is C14H19NO2. The topological polar surface area (TPSA) is 44.5 Å². The van der Waals surface area contributed by atoms with Crippen LogP contribution < -0.4 is 5.73 Å². The van der Waals surface area contributed by atoms with Gasteiger partial charge in [-0.3, -0.25) is 0 Å². The Labute approximate surface area is 102 Å². The molecule has 0 atom stereocenters. The number of rotatable bonds is 1. The highest BCUT2D eigenvalue weighted by Crippen LogP contribution is 2.43. The first kappa shape index (κ1) is 11.1. The smallest absolute Gasteiger partial charge is 0.168 e. The van der Waals surface area contributed by atoms with Crippen molar-refractivity contribution in [1.29, 1.82) is 0 Å². The van der Waals surface area contributed by atoms with Crippen LogP contribution in [-0.4, -0.2) is 19.0 Å². The molecular weight excluding hydrogens is 214 g/mol. The van der Waals surface area contributed by atoms with Gasteiger partial charge in [0.05, 0.1) is 13.2 Å². The number of nitrogens with two attached hydrogens (primary N) is 1. The highest BCUT2D eigenvalue weighted by atomic mass is 16.7. The molecule has 92 valence electrons. The molecule has 1 heterocycles. The summed E-state index contributed by atoms with van der Waals surface area (Å²) in [6, 6.07) is 8.20. The molecule has 3 heteroatoms. The lowest BCUT2D eigenvalue weighted by atomic mass is 9.80. The molecule has 1 aromatic carbocycles. The van der Waals surface area contributed by atoms with Gasteiger partial charge in [-0.2, -0.15) is 0 Å². The molecule has 1 aliphatic carbocycles. The van der Waals surface area contributed by atoms with Crippen LogP contribution in [0.1, 0.15) is 37.2 Å². The van der Waals surface area contributed by atoms with Crippen LogP contribution in [-0.2, 0) is 9.47 Å². The van der Waals surface area contributed by atoms with Gasteiger partial charge in [-0.25, -0.2) is 0 Å². The maximum absolute atomic E-state index is 6.03. The Morgan fingerprint density at radius 1 is 1.06 bits per heavy atom. The van der Waals surface area contributed by atoms with E-state index in [4.69, 9.17) is 15.2 Å². The van der Waals surface area contributed by atoms with Crippen molar-refractivity contribution >= 4 is 5.69 Å². The van der Waals surface area contributed by atoms with E-state index >= 15 is 0 Å². The Morgan fingerprint density at radius 2 is 1.71 bits per heavy atom. The Balaban J connectivity index is 1.71. The average Bonchev–Trinajstić information content (AvgIpc) is 2.80. The van der Waals surface area contributed by atoms with Gasteiger partial charge in [0.15, 0.2) is 5.79 Å². The minimum Gasteiger partial charge on any atom is -0.398 e. The second-order valence-electron chi connectivity index (χ2n) is 5.01. The van der Waals surface area contributed by atoms with Crippen molar-refractivity contribution in [3.05, 3.63) is 29.8 Å². The van der Waals surface area contributed by atoms with Crippen LogP contribution in [0.15, 0.2) is 24.3 Å². The highest BCUT2D eigenvalue weighted by Gasteiger charge is 2.40. The molecule has 1 spiro atoms. The first-order chi connectivity index (χ1) is 8.29. The van der Waals surface area contributed by atoms with E-state index in [2.05, 4.69) is 12.1 Å². The fourth-order valence-electron chi connectivity index (χ4n) is 3.04. The monoisotopic (exact) mass is 233 g/mol. The molecule has 1 saturated carbocycles. The zero-order chi connectivity index (χ0) is 11.7. The van der Waals surface area contributed by atoms with Crippen molar-refractivity contribution in [2.24, 2.45) is 0 Å². The molecule has 0 bridgehead atoms. The summed E-state index contributed by atoms with van der Waals surface area (Å²) in [4.78, 5) is 0. The lowest BCUT2D eigenvalue weighted by Gasteiger charge is -2.35. The number of hydrogen-bond acceptors (Lipinski definition) is 3. The number of hydrogen-bond donors (Lipinski definition) is 1. The van der Waals surface area contributed by atoms with Crippen LogP contribution in [0.4, 0.5) is 5.69 Å². The summed E-state index contributed by atoms with van der Waals surface area (Å²) in [6.45, 7) is 1.50. The summed E-state index contributed by atoms with van der Waals surface area (Å²) >= 11 is 0. The number of nitrogen functional groups attached to an aromatic ring is 1. The van der Waals surface area contributed by atoms with Crippen molar-refractivity contribution in [2.45, 2.75) is 37.4 Å². The van der Waals surface area contributed by atoms with Crippen molar-refractivity contribution in [3.8, 4) is 0 Å². The molecule has 3 rings (SSSR count). The molecule has 0 aromatic heterocycles. The molecule has 1 aliphatic heterocycles. The van der Waals surface area contributed by atoms with Gasteiger partial charge in [-0.1, -0.05) is 18.2 Å². The predicted molar refractivity (Wildman–Crippen MR) is 66.7 cm³/mol. The summed E-state index contributed by atoms with van der Waals surface area (Å²) in [7, 11) is 0. The van der Waals surface area contributed by atoms with Crippen LogP contribution in [0.5, 0.6) is 0 Å². The van der Waals surface area contributed by atoms with Crippen LogP contribution in [0.2, 0.25) is 0 Å². The summed E-state index contributed by atoms with van der Waals surface area (Å²) in [5.41, 5.74) is 8.24. The highest BCUT2D eigenvalue weighted by molar-refractivity contribution is 5.48. The quantitative estimate of drug-likeness (QED) is 0.758. The third-order valence-electron chi connectivity index (χ3n) is 4.00. The zero-order valence-electron chi connectivity index (χ0n) is 10.0. The number of benzene rings is 1. The van der Waals surface area contributed by atoms with Gasteiger partial charge in [-0.15, -0.1) is 0 Å². The minimum atomic E-state index is -0.264. The molecule has 2 fully saturated rings. The summed E-state index contributed by atoms with van der Waals surface area (Å²) < 4.78 is 11.5. The third kappa shape index (κ3) is 2.05. The molecule has 17 heavy (non-hydrogen) atoms. The van der Waals surface area contributed by atoms with Gasteiger partial charge in [0.2, 0.25) is 0 Å². The van der Waals surface area contributed by atoms with Gasteiger partial charge in [-0.05, 0) is 30.4 Å². The fourth-order valence-corrected chi connectivity index (χ4v) is 3.04. The largest absolute Gasteiger partial charge is 0.398 e. The van der Waals surface area contributed by atoms with E-state index in [0.29, 0.717) is 5.92 Å². The lowest BCUT2D eigenvalue weighted by molar-refractivity contribution is -0.178. The van der Waals surface area contributed by atoms with Gasteiger partial charge < -0.3 is 15.2 Å². The van der Waals surface area contributed by atoms with E-state index in [1.165, 1.54) is 5.56 Å². The van der Waals surface area contributed by atoms with Gasteiger partial charge >= 0.3 is 0 Å². The molecule has 1 aromatic rings. The zero-order valence-corrected chi connectivity index (χ0v) is 10.0. The van der Waals surface area contributed by atoms with E-state index in [-0.39, 0.29) is 5.79 Å². The molecule has 1 saturated heterocycles. The first-order valence-electron chi connectivity index (χ1n) is 6.41. The Morgan fingerprint density at radius 3 is 2.35 bits per heavy atom. The maximum atomic E-state index is 6.03. The van der Waals surface area contributed by atoms with Crippen LogP contribution in [0.3, 0.4) is 0 Å². The summed E-state index contributed by atoms with van der Waals surface area (Å²) in [5, 5.41) is 0. The van der Waals surface area contributed by atoms with Crippen molar-refractivity contribution in [1.82, 2.24) is 0 Å². The van der Waals surface area contributed by atoms with Crippen LogP contribution in [0.25, 0.3) is 0 Å². The van der Waals surface area contributed by atoms with E-state index < -0.39 is 0 Å². The maximum Gasteiger partial charge on any atom is 0.168 e. The van der Waals surface area contributed by atoms with Gasteiger partial charge in [0.25, 0.3) is 0 Å². The molecule has 0 radical (unpaired) electrons. The molecule has 3 nitrogen and oxygen atoms in total. The van der Waals surface area contributed by atoms with E-state index in [9.17, 15) is 0 Å². The van der Waals surface area contributed by atoms with Crippen LogP contribution in [0, 0.1) is 0 Å². The Bertz CT molecular complexity index is 389. The molecule has 2 N–H and O–H groups in total. The summed E-state index contributed by atoms with van der Waals surface area (Å²) in [6.07, 6.45) is 4.19. The van der Waals surface area contributed by atoms with E-state index in [1.54, 1.807) is 0 Å². The standard InChI is InChI=1S/C14H19NO2/c15-13-4-2-1-3-12(13)11-5-7-14(8-6-11)16-9-10-17-14/h1-4,11H,5-10,15H2. The second kappa shape index (κ2) is 4.31. The van der Waals surface area contributed by atoms with Crippen molar-refractivity contribution in [3.63, 3.8) is 0 Å². The second-order valence-corrected chi connectivity index (χ2v) is 5.01. The minimum absolute atomic E-state index is 0.264. The molecule has 0 amide bonds. The SMILES string of the molecule is Nc1ccccc1C1CCC2(CC1)OCCO2. The van der Waals surface area contributed by atoms with E-state index in [1.807, 2.05) is 12.1 Å². The average molecular weight is 233 g/mol. The fraction of sp³-hybridized carbons (Fsp3) is 0.571. The third-order valence-corrected chi connectivity index (χ3v) is 4.00. The predicted octanol–water partition coefficient (Wildman–Crippen LogP) is 2.67. The number of ether oxygens (including phenoxy) is 2. The lowest BCUT2D eigenvalue weighted by Crippen LogP contribution is -2.34. The van der Waals surface area contributed by atoms with Gasteiger partial charge in [0.1, 0.15) is 0 Å². The van der Waals surface area contributed by atoms with Gasteiger partial charge in [0, 0.05) is 18.5 Å². The first-order valence-corrected chi connectivity index (χ1v) is 6.41. The number of anilines is 1. The summed E-state index contributed by atoms with van der Waals surface area (Å²) in [5.74, 6) is 0.301. The van der Waals surface area contributed by atoms with Crippen molar-refractivity contribution < 1.29 is 9.47 Å². The molecule has 2 aliphatic rings. The molecule has 0 unspecified atom stereocenters. The Hall–Kier alpha value is -1.06. The van der Waals surface area contributed by atoms with Crippen LogP contribution >= 0.6 is 0 Å². The normalized spacial score (nSPS) is 24.2. The van der Waals surface area contributed by atoms with E-state index in [0.717, 1.165) is 44.6 Å².